The van der Waals surface area contributed by atoms with Crippen LogP contribution in [0.15, 0.2) is 30.3 Å². The number of rotatable bonds is 14. The Morgan fingerprint density at radius 1 is 0.909 bits per heavy atom. The number of carbonyl (C=O) groups is 1. The van der Waals surface area contributed by atoms with Gasteiger partial charge in [0.25, 0.3) is 0 Å². The van der Waals surface area contributed by atoms with Crippen LogP contribution in [0, 0.1) is 0 Å². The summed E-state index contributed by atoms with van der Waals surface area (Å²) < 4.78 is 32.7. The number of benzene rings is 2. The Bertz CT molecular complexity index is 901. The van der Waals surface area contributed by atoms with Gasteiger partial charge in [0, 0.05) is 46.6 Å². The van der Waals surface area contributed by atoms with Crippen molar-refractivity contribution in [1.29, 1.82) is 0 Å². The molecule has 0 aliphatic heterocycles. The Balaban J connectivity index is 2.71. The van der Waals surface area contributed by atoms with Gasteiger partial charge < -0.3 is 33.3 Å². The highest BCUT2D eigenvalue weighted by molar-refractivity contribution is 5.86. The maximum Gasteiger partial charge on any atom is 0.226 e. The zero-order chi connectivity index (χ0) is 24.2. The normalized spacial score (nSPS) is 10.7. The second-order valence-corrected chi connectivity index (χ2v) is 7.38. The Labute approximate surface area is 196 Å². The van der Waals surface area contributed by atoms with Crippen molar-refractivity contribution in [1.82, 2.24) is 4.90 Å². The lowest BCUT2D eigenvalue weighted by Crippen LogP contribution is -2.31. The summed E-state index contributed by atoms with van der Waals surface area (Å²) in [6.45, 7) is 3.12. The van der Waals surface area contributed by atoms with Gasteiger partial charge in [-0.25, -0.2) is 0 Å². The van der Waals surface area contributed by atoms with Crippen molar-refractivity contribution >= 4 is 5.91 Å². The molecule has 0 fully saturated rings. The van der Waals surface area contributed by atoms with Crippen LogP contribution < -0.4 is 14.2 Å². The molecule has 0 unspecified atom stereocenters. The van der Waals surface area contributed by atoms with E-state index in [4.69, 9.17) is 28.4 Å². The maximum absolute atomic E-state index is 13.2. The topological polar surface area (TPSA) is 75.7 Å². The van der Waals surface area contributed by atoms with Gasteiger partial charge in [-0.2, -0.15) is 0 Å². The molecule has 8 heteroatoms. The molecular formula is C25H35NO7. The molecule has 0 saturated carbocycles. The van der Waals surface area contributed by atoms with Gasteiger partial charge in [0.2, 0.25) is 5.91 Å². The third-order valence-electron chi connectivity index (χ3n) is 5.23. The lowest BCUT2D eigenvalue weighted by Gasteiger charge is -2.24. The molecule has 0 heterocycles. The van der Waals surface area contributed by atoms with Gasteiger partial charge in [-0.3, -0.25) is 4.79 Å². The minimum atomic E-state index is -0.0347. The van der Waals surface area contributed by atoms with Crippen molar-refractivity contribution in [2.24, 2.45) is 0 Å². The summed E-state index contributed by atoms with van der Waals surface area (Å²) in [6, 6.07) is 9.50. The van der Waals surface area contributed by atoms with E-state index in [-0.39, 0.29) is 25.9 Å². The van der Waals surface area contributed by atoms with Crippen LogP contribution in [0.1, 0.15) is 18.1 Å². The summed E-state index contributed by atoms with van der Waals surface area (Å²) in [5, 5.41) is 0. The minimum absolute atomic E-state index is 0.0347. The molecule has 0 N–H and O–H groups in total. The highest BCUT2D eigenvalue weighted by Crippen LogP contribution is 2.42. The zero-order valence-electron chi connectivity index (χ0n) is 20.4. The van der Waals surface area contributed by atoms with Gasteiger partial charge in [0.15, 0.2) is 13.6 Å². The van der Waals surface area contributed by atoms with E-state index in [0.717, 1.165) is 22.3 Å². The van der Waals surface area contributed by atoms with Crippen LogP contribution in [-0.2, 0) is 31.8 Å². The third kappa shape index (κ3) is 7.08. The smallest absolute Gasteiger partial charge is 0.226 e. The van der Waals surface area contributed by atoms with E-state index < -0.39 is 0 Å². The van der Waals surface area contributed by atoms with E-state index in [2.05, 4.69) is 0 Å². The Hall–Kier alpha value is -2.81. The number of methoxy groups -OCH3 is 4. The predicted molar refractivity (Wildman–Crippen MR) is 126 cm³/mol. The third-order valence-corrected chi connectivity index (χ3v) is 5.23. The number of likely N-dealkylation sites (N-methyl/N-ethyl adjacent to an activating group) is 1. The molecule has 0 aliphatic rings. The summed E-state index contributed by atoms with van der Waals surface area (Å²) >= 11 is 0. The molecule has 2 rings (SSSR count). The first kappa shape index (κ1) is 26.4. The van der Waals surface area contributed by atoms with E-state index in [0.29, 0.717) is 36.8 Å². The van der Waals surface area contributed by atoms with Crippen molar-refractivity contribution in [3.63, 3.8) is 0 Å². The molecule has 0 saturated heterocycles. The summed E-state index contributed by atoms with van der Waals surface area (Å²) in [4.78, 5) is 14.8. The lowest BCUT2D eigenvalue weighted by atomic mass is 9.90. The van der Waals surface area contributed by atoms with E-state index >= 15 is 0 Å². The molecule has 0 atom stereocenters. The van der Waals surface area contributed by atoms with Gasteiger partial charge in [-0.05, 0) is 35.2 Å². The van der Waals surface area contributed by atoms with E-state index in [1.807, 2.05) is 37.3 Å². The fourth-order valence-corrected chi connectivity index (χ4v) is 3.53. The van der Waals surface area contributed by atoms with Crippen LogP contribution in [0.25, 0.3) is 11.1 Å². The van der Waals surface area contributed by atoms with Gasteiger partial charge in [-0.15, -0.1) is 0 Å². The molecule has 2 aromatic carbocycles. The van der Waals surface area contributed by atoms with Crippen LogP contribution in [0.3, 0.4) is 0 Å². The standard InChI is InChI=1S/C25H35NO7/c1-7-20-21(14-24(27)26(2)11-12-28-3)25(18-9-8-10-19(13-18)31-6)23(33-17-30-5)15-22(20)32-16-29-4/h8-10,13,15H,7,11-12,14,16-17H2,1-6H3. The average molecular weight is 462 g/mol. The van der Waals surface area contributed by atoms with Crippen LogP contribution in [0.4, 0.5) is 0 Å². The predicted octanol–water partition coefficient (Wildman–Crippen LogP) is 3.54. The average Bonchev–Trinajstić information content (AvgIpc) is 2.84. The van der Waals surface area contributed by atoms with E-state index in [1.165, 1.54) is 0 Å². The summed E-state index contributed by atoms with van der Waals surface area (Å²) in [5.41, 5.74) is 3.43. The quantitative estimate of drug-likeness (QED) is 0.398. The summed E-state index contributed by atoms with van der Waals surface area (Å²) in [7, 11) is 8.13. The number of hydrogen-bond acceptors (Lipinski definition) is 7. The van der Waals surface area contributed by atoms with Gasteiger partial charge >= 0.3 is 0 Å². The van der Waals surface area contributed by atoms with E-state index in [1.54, 1.807) is 40.4 Å². The molecule has 2 aromatic rings. The maximum atomic E-state index is 13.2. The van der Waals surface area contributed by atoms with Crippen molar-refractivity contribution < 1.29 is 33.2 Å². The molecule has 0 bridgehead atoms. The van der Waals surface area contributed by atoms with Crippen molar-refractivity contribution in [2.75, 3.05) is 62.2 Å². The largest absolute Gasteiger partial charge is 0.497 e. The molecule has 8 nitrogen and oxygen atoms in total. The molecule has 0 spiro atoms. The highest BCUT2D eigenvalue weighted by atomic mass is 16.7. The van der Waals surface area contributed by atoms with Crippen LogP contribution in [0.2, 0.25) is 0 Å². The highest BCUT2D eigenvalue weighted by Gasteiger charge is 2.24. The van der Waals surface area contributed by atoms with Crippen molar-refractivity contribution in [3.05, 3.63) is 41.5 Å². The zero-order valence-corrected chi connectivity index (χ0v) is 20.4. The van der Waals surface area contributed by atoms with Gasteiger partial charge in [0.05, 0.1) is 20.1 Å². The summed E-state index contributed by atoms with van der Waals surface area (Å²) in [5.74, 6) is 1.83. The minimum Gasteiger partial charge on any atom is -0.497 e. The SMILES string of the molecule is CCc1c(OCOC)cc(OCOC)c(-c2cccc(OC)c2)c1CC(=O)N(C)CCOC. The summed E-state index contributed by atoms with van der Waals surface area (Å²) in [6.07, 6.45) is 0.828. The second kappa shape index (κ2) is 13.7. The first-order chi connectivity index (χ1) is 16.0. The second-order valence-electron chi connectivity index (χ2n) is 7.38. The first-order valence-corrected chi connectivity index (χ1v) is 10.8. The molecule has 1 amide bonds. The van der Waals surface area contributed by atoms with Crippen LogP contribution in [0.5, 0.6) is 17.2 Å². The number of hydrogen-bond donors (Lipinski definition) is 0. The fraction of sp³-hybridized carbons (Fsp3) is 0.480. The fourth-order valence-electron chi connectivity index (χ4n) is 3.53. The number of amides is 1. The number of nitrogens with zero attached hydrogens (tertiary/aromatic N) is 1. The Morgan fingerprint density at radius 2 is 1.61 bits per heavy atom. The number of carbonyl (C=O) groups excluding carboxylic acids is 1. The monoisotopic (exact) mass is 461 g/mol. The van der Waals surface area contributed by atoms with Crippen molar-refractivity contribution in [2.45, 2.75) is 19.8 Å². The molecule has 33 heavy (non-hydrogen) atoms. The lowest BCUT2D eigenvalue weighted by molar-refractivity contribution is -0.129. The van der Waals surface area contributed by atoms with Crippen molar-refractivity contribution in [3.8, 4) is 28.4 Å². The first-order valence-electron chi connectivity index (χ1n) is 10.8. The van der Waals surface area contributed by atoms with Gasteiger partial charge in [0.1, 0.15) is 17.2 Å². The Morgan fingerprint density at radius 3 is 2.21 bits per heavy atom. The molecular weight excluding hydrogens is 426 g/mol. The molecule has 0 aliphatic carbocycles. The molecule has 0 radical (unpaired) electrons. The molecule has 182 valence electrons. The van der Waals surface area contributed by atoms with Crippen LogP contribution in [-0.4, -0.2) is 73.0 Å². The number of ether oxygens (including phenoxy) is 6. The van der Waals surface area contributed by atoms with E-state index in [9.17, 15) is 4.79 Å². The van der Waals surface area contributed by atoms with Gasteiger partial charge in [-0.1, -0.05) is 19.1 Å². The van der Waals surface area contributed by atoms with Crippen LogP contribution >= 0.6 is 0 Å². The molecule has 0 aromatic heterocycles. The Kier molecular flexibility index (Phi) is 11.0.